The van der Waals surface area contributed by atoms with E-state index in [1.54, 1.807) is 12.2 Å². The standard InChI is InChI=1S/C20H14O3/c21-17-11-13-19(14-12-17)20(18(22)23-19,15-7-3-1-4-8-15)16-9-5-2-6-10-16/h1-14H. The maximum absolute atomic E-state index is 12.7. The van der Waals surface area contributed by atoms with E-state index in [1.165, 1.54) is 12.2 Å². The van der Waals surface area contributed by atoms with Crippen LogP contribution in [0.15, 0.2) is 85.0 Å². The fourth-order valence-corrected chi connectivity index (χ4v) is 3.49. The first-order valence-electron chi connectivity index (χ1n) is 7.46. The van der Waals surface area contributed by atoms with Gasteiger partial charge < -0.3 is 4.74 Å². The van der Waals surface area contributed by atoms with Gasteiger partial charge in [0.05, 0.1) is 0 Å². The maximum atomic E-state index is 12.7. The number of benzene rings is 2. The number of rotatable bonds is 2. The van der Waals surface area contributed by atoms with Gasteiger partial charge in [0, 0.05) is 0 Å². The van der Waals surface area contributed by atoms with E-state index in [4.69, 9.17) is 4.74 Å². The molecule has 0 aromatic heterocycles. The van der Waals surface area contributed by atoms with Gasteiger partial charge in [-0.1, -0.05) is 60.7 Å². The fraction of sp³-hybridized carbons (Fsp3) is 0.100. The van der Waals surface area contributed by atoms with Gasteiger partial charge in [0.25, 0.3) is 0 Å². The largest absolute Gasteiger partial charge is 0.447 e. The van der Waals surface area contributed by atoms with Gasteiger partial charge in [-0.3, -0.25) is 9.59 Å². The molecule has 4 rings (SSSR count). The van der Waals surface area contributed by atoms with Crippen molar-refractivity contribution in [2.75, 3.05) is 0 Å². The molecule has 3 heteroatoms. The maximum Gasteiger partial charge on any atom is 0.327 e. The SMILES string of the molecule is O=C1C=CC2(C=C1)OC(=O)C2(c1ccccc1)c1ccccc1. The third-order valence-electron chi connectivity index (χ3n) is 4.56. The summed E-state index contributed by atoms with van der Waals surface area (Å²) in [6.45, 7) is 0. The summed E-state index contributed by atoms with van der Waals surface area (Å²) in [4.78, 5) is 24.3. The van der Waals surface area contributed by atoms with Crippen molar-refractivity contribution in [3.8, 4) is 0 Å². The summed E-state index contributed by atoms with van der Waals surface area (Å²) >= 11 is 0. The van der Waals surface area contributed by atoms with E-state index in [9.17, 15) is 9.59 Å². The molecule has 0 radical (unpaired) electrons. The zero-order valence-corrected chi connectivity index (χ0v) is 12.3. The zero-order valence-electron chi connectivity index (χ0n) is 12.3. The van der Waals surface area contributed by atoms with Crippen molar-refractivity contribution in [2.24, 2.45) is 0 Å². The van der Waals surface area contributed by atoms with Gasteiger partial charge in [-0.25, -0.2) is 0 Å². The van der Waals surface area contributed by atoms with Gasteiger partial charge in [0.2, 0.25) is 0 Å². The molecule has 2 aliphatic rings. The molecule has 1 heterocycles. The van der Waals surface area contributed by atoms with E-state index in [2.05, 4.69) is 0 Å². The second-order valence-electron chi connectivity index (χ2n) is 5.73. The Morgan fingerprint density at radius 2 is 1.17 bits per heavy atom. The van der Waals surface area contributed by atoms with Crippen LogP contribution in [0.1, 0.15) is 11.1 Å². The molecule has 2 aromatic rings. The molecule has 0 unspecified atom stereocenters. The molecule has 3 nitrogen and oxygen atoms in total. The van der Waals surface area contributed by atoms with E-state index < -0.39 is 11.0 Å². The van der Waals surface area contributed by atoms with Gasteiger partial charge in [0.1, 0.15) is 0 Å². The summed E-state index contributed by atoms with van der Waals surface area (Å²) < 4.78 is 5.58. The fourth-order valence-electron chi connectivity index (χ4n) is 3.49. The van der Waals surface area contributed by atoms with Crippen molar-refractivity contribution < 1.29 is 14.3 Å². The third kappa shape index (κ3) is 1.70. The molecule has 0 bridgehead atoms. The summed E-state index contributed by atoms with van der Waals surface area (Å²) in [6, 6.07) is 19.1. The van der Waals surface area contributed by atoms with Crippen LogP contribution in [0.5, 0.6) is 0 Å². The molecule has 1 aliphatic carbocycles. The highest BCUT2D eigenvalue weighted by Crippen LogP contribution is 2.55. The first-order valence-corrected chi connectivity index (χ1v) is 7.46. The number of ketones is 1. The smallest absolute Gasteiger partial charge is 0.327 e. The zero-order chi connectivity index (χ0) is 15.9. The van der Waals surface area contributed by atoms with Crippen LogP contribution in [0, 0.1) is 0 Å². The summed E-state index contributed by atoms with van der Waals surface area (Å²) in [7, 11) is 0. The highest BCUT2D eigenvalue weighted by molar-refractivity contribution is 6.04. The molecule has 0 N–H and O–H groups in total. The van der Waals surface area contributed by atoms with Crippen LogP contribution in [0.4, 0.5) is 0 Å². The minimum Gasteiger partial charge on any atom is -0.447 e. The van der Waals surface area contributed by atoms with Crippen LogP contribution in [-0.2, 0) is 19.7 Å². The van der Waals surface area contributed by atoms with Crippen LogP contribution >= 0.6 is 0 Å². The highest BCUT2D eigenvalue weighted by atomic mass is 16.6. The Labute approximate surface area is 133 Å². The molecule has 2 aromatic carbocycles. The monoisotopic (exact) mass is 302 g/mol. The predicted molar refractivity (Wildman–Crippen MR) is 85.8 cm³/mol. The van der Waals surface area contributed by atoms with E-state index in [0.717, 1.165) is 11.1 Å². The number of ether oxygens (including phenoxy) is 1. The van der Waals surface area contributed by atoms with Crippen molar-refractivity contribution in [3.63, 3.8) is 0 Å². The Balaban J connectivity index is 2.00. The number of carbonyl (C=O) groups is 2. The first kappa shape index (κ1) is 13.7. The van der Waals surface area contributed by atoms with Crippen LogP contribution in [0.2, 0.25) is 0 Å². The average molecular weight is 302 g/mol. The molecule has 1 fully saturated rings. The Morgan fingerprint density at radius 3 is 1.61 bits per heavy atom. The highest BCUT2D eigenvalue weighted by Gasteiger charge is 2.69. The van der Waals surface area contributed by atoms with Crippen molar-refractivity contribution in [3.05, 3.63) is 96.1 Å². The van der Waals surface area contributed by atoms with Gasteiger partial charge >= 0.3 is 5.97 Å². The Morgan fingerprint density at radius 1 is 0.696 bits per heavy atom. The molecule has 1 spiro atoms. The number of hydrogen-bond donors (Lipinski definition) is 0. The molecule has 112 valence electrons. The van der Waals surface area contributed by atoms with Crippen molar-refractivity contribution in [1.82, 2.24) is 0 Å². The van der Waals surface area contributed by atoms with Crippen LogP contribution in [-0.4, -0.2) is 17.4 Å². The number of carbonyl (C=O) groups excluding carboxylic acids is 2. The van der Waals surface area contributed by atoms with E-state index in [-0.39, 0.29) is 11.8 Å². The normalized spacial score (nSPS) is 20.2. The molecule has 0 amide bonds. The van der Waals surface area contributed by atoms with Gasteiger partial charge in [-0.15, -0.1) is 0 Å². The minimum atomic E-state index is -0.969. The van der Waals surface area contributed by atoms with E-state index in [1.807, 2.05) is 60.7 Å². The number of esters is 1. The van der Waals surface area contributed by atoms with Crippen LogP contribution in [0.25, 0.3) is 0 Å². The van der Waals surface area contributed by atoms with Crippen LogP contribution < -0.4 is 0 Å². The van der Waals surface area contributed by atoms with E-state index in [0.29, 0.717) is 0 Å². The third-order valence-corrected chi connectivity index (χ3v) is 4.56. The molecular formula is C20H14O3. The predicted octanol–water partition coefficient (Wildman–Crippen LogP) is 2.96. The Kier molecular flexibility index (Phi) is 2.85. The first-order chi connectivity index (χ1) is 11.2. The summed E-state index contributed by atoms with van der Waals surface area (Å²) in [5.41, 5.74) is -0.221. The lowest BCUT2D eigenvalue weighted by atomic mass is 9.58. The average Bonchev–Trinajstić information content (AvgIpc) is 2.59. The molecular weight excluding hydrogens is 288 g/mol. The summed E-state index contributed by atoms with van der Waals surface area (Å²) in [5.74, 6) is -0.410. The molecule has 1 aliphatic heterocycles. The second kappa shape index (κ2) is 4.78. The quantitative estimate of drug-likeness (QED) is 0.801. The summed E-state index contributed by atoms with van der Waals surface area (Å²) in [5, 5.41) is 0. The van der Waals surface area contributed by atoms with Gasteiger partial charge in [-0.05, 0) is 35.4 Å². The molecule has 23 heavy (non-hydrogen) atoms. The van der Waals surface area contributed by atoms with Crippen LogP contribution in [0.3, 0.4) is 0 Å². The van der Waals surface area contributed by atoms with E-state index >= 15 is 0 Å². The Hall–Kier alpha value is -2.94. The molecule has 0 atom stereocenters. The van der Waals surface area contributed by atoms with Crippen molar-refractivity contribution in [2.45, 2.75) is 11.0 Å². The summed E-state index contributed by atoms with van der Waals surface area (Å²) in [6.07, 6.45) is 6.31. The lowest BCUT2D eigenvalue weighted by Gasteiger charge is -2.54. The second-order valence-corrected chi connectivity index (χ2v) is 5.73. The number of allylic oxidation sites excluding steroid dienone is 2. The molecule has 0 saturated carbocycles. The van der Waals surface area contributed by atoms with Crippen molar-refractivity contribution in [1.29, 1.82) is 0 Å². The molecule has 1 saturated heterocycles. The van der Waals surface area contributed by atoms with Gasteiger partial charge in [-0.2, -0.15) is 0 Å². The topological polar surface area (TPSA) is 43.4 Å². The van der Waals surface area contributed by atoms with Crippen molar-refractivity contribution >= 4 is 11.8 Å². The van der Waals surface area contributed by atoms with Gasteiger partial charge in [0.15, 0.2) is 16.8 Å². The number of hydrogen-bond acceptors (Lipinski definition) is 3. The lowest BCUT2D eigenvalue weighted by molar-refractivity contribution is -0.193. The Bertz CT molecular complexity index is 776. The lowest BCUT2D eigenvalue weighted by Crippen LogP contribution is -2.68. The minimum absolute atomic E-state index is 0.103.